The van der Waals surface area contributed by atoms with Crippen LogP contribution in [0, 0.1) is 17.6 Å². The maximum absolute atomic E-state index is 13.4. The van der Waals surface area contributed by atoms with Gasteiger partial charge in [0.15, 0.2) is 0 Å². The van der Waals surface area contributed by atoms with Crippen molar-refractivity contribution in [1.29, 1.82) is 0 Å². The van der Waals surface area contributed by atoms with Crippen LogP contribution in [0.5, 0.6) is 0 Å². The van der Waals surface area contributed by atoms with E-state index in [-0.39, 0.29) is 23.3 Å². The van der Waals surface area contributed by atoms with E-state index >= 15 is 0 Å². The average Bonchev–Trinajstić information content (AvgIpc) is 2.40. The van der Waals surface area contributed by atoms with Gasteiger partial charge in [-0.2, -0.15) is 0 Å². The molecule has 1 aliphatic rings. The lowest BCUT2D eigenvalue weighted by atomic mass is 9.89. The van der Waals surface area contributed by atoms with E-state index in [9.17, 15) is 13.6 Å². The molecule has 2 nitrogen and oxygen atoms in total. The van der Waals surface area contributed by atoms with Gasteiger partial charge in [-0.1, -0.05) is 12.5 Å². The topological polar surface area (TPSA) is 29.1 Å². The fourth-order valence-electron chi connectivity index (χ4n) is 2.57. The summed E-state index contributed by atoms with van der Waals surface area (Å²) in [6, 6.07) is 3.26. The number of carbonyl (C=O) groups is 1. The summed E-state index contributed by atoms with van der Waals surface area (Å²) in [5.74, 6) is -1.17. The van der Waals surface area contributed by atoms with Crippen molar-refractivity contribution in [2.45, 2.75) is 37.5 Å². The van der Waals surface area contributed by atoms with Gasteiger partial charge in [-0.25, -0.2) is 8.78 Å². The van der Waals surface area contributed by atoms with Crippen LogP contribution >= 0.6 is 11.6 Å². The second-order valence-electron chi connectivity index (χ2n) is 5.35. The van der Waals surface area contributed by atoms with Gasteiger partial charge in [0.05, 0.1) is 6.42 Å². The molecule has 0 aromatic heterocycles. The first-order valence-electron chi connectivity index (χ1n) is 6.89. The van der Waals surface area contributed by atoms with Crippen molar-refractivity contribution in [2.75, 3.05) is 6.54 Å². The normalized spacial score (nSPS) is 22.6. The number of hydrogen-bond donors (Lipinski definition) is 1. The van der Waals surface area contributed by atoms with Crippen molar-refractivity contribution in [3.8, 4) is 0 Å². The molecule has 1 amide bonds. The van der Waals surface area contributed by atoms with E-state index in [0.717, 1.165) is 37.8 Å². The Balaban J connectivity index is 1.80. The smallest absolute Gasteiger partial charge is 0.224 e. The Hall–Kier alpha value is -1.16. The van der Waals surface area contributed by atoms with Crippen LogP contribution in [0.1, 0.15) is 31.2 Å². The zero-order valence-corrected chi connectivity index (χ0v) is 11.9. The predicted octanol–water partition coefficient (Wildman–Crippen LogP) is 3.42. The average molecular weight is 302 g/mol. The quantitative estimate of drug-likeness (QED) is 0.848. The summed E-state index contributed by atoms with van der Waals surface area (Å²) >= 11 is 6.09. The second-order valence-corrected chi connectivity index (χ2v) is 5.96. The lowest BCUT2D eigenvalue weighted by Gasteiger charge is -2.25. The number of amides is 1. The highest BCUT2D eigenvalue weighted by Crippen LogP contribution is 2.27. The summed E-state index contributed by atoms with van der Waals surface area (Å²) < 4.78 is 26.2. The van der Waals surface area contributed by atoms with E-state index in [1.54, 1.807) is 0 Å². The third-order valence-corrected chi connectivity index (χ3v) is 4.07. The zero-order valence-electron chi connectivity index (χ0n) is 11.2. The fourth-order valence-corrected chi connectivity index (χ4v) is 2.98. The van der Waals surface area contributed by atoms with Crippen LogP contribution in [-0.4, -0.2) is 17.8 Å². The summed E-state index contributed by atoms with van der Waals surface area (Å²) in [6.45, 7) is 0.574. The maximum atomic E-state index is 13.4. The van der Waals surface area contributed by atoms with Crippen LogP contribution < -0.4 is 5.32 Å². The molecule has 0 radical (unpaired) electrons. The van der Waals surface area contributed by atoms with Gasteiger partial charge >= 0.3 is 0 Å². The number of carbonyl (C=O) groups excluding carboxylic acids is 1. The Kier molecular flexibility index (Phi) is 5.35. The highest BCUT2D eigenvalue weighted by atomic mass is 35.5. The first-order chi connectivity index (χ1) is 9.54. The standard InChI is InChI=1S/C15H18ClF2NO/c16-12-3-1-2-10(6-12)9-19-15(20)7-11-4-5-13(17)8-14(11)18/h4-5,8,10,12H,1-3,6-7,9H2,(H,19,20). The third-order valence-electron chi connectivity index (χ3n) is 3.67. The van der Waals surface area contributed by atoms with Crippen molar-refractivity contribution in [3.05, 3.63) is 35.4 Å². The second kappa shape index (κ2) is 7.02. The molecule has 5 heteroatoms. The number of benzene rings is 1. The van der Waals surface area contributed by atoms with E-state index in [1.807, 2.05) is 0 Å². The van der Waals surface area contributed by atoms with E-state index in [2.05, 4.69) is 5.32 Å². The molecular weight excluding hydrogens is 284 g/mol. The molecule has 0 spiro atoms. The largest absolute Gasteiger partial charge is 0.356 e. The molecule has 0 aliphatic heterocycles. The molecule has 2 atom stereocenters. The minimum atomic E-state index is -0.682. The van der Waals surface area contributed by atoms with E-state index in [4.69, 9.17) is 11.6 Å². The summed E-state index contributed by atoms with van der Waals surface area (Å²) in [5, 5.41) is 3.00. The first-order valence-corrected chi connectivity index (χ1v) is 7.33. The van der Waals surface area contributed by atoms with Gasteiger partial charge in [-0.3, -0.25) is 4.79 Å². The van der Waals surface area contributed by atoms with E-state index in [0.29, 0.717) is 12.5 Å². The van der Waals surface area contributed by atoms with Crippen LogP contribution in [0.25, 0.3) is 0 Å². The molecule has 20 heavy (non-hydrogen) atoms. The van der Waals surface area contributed by atoms with Gasteiger partial charge in [0.2, 0.25) is 5.91 Å². The molecule has 110 valence electrons. The highest BCUT2D eigenvalue weighted by Gasteiger charge is 2.20. The molecule has 1 aliphatic carbocycles. The minimum Gasteiger partial charge on any atom is -0.356 e. The first kappa shape index (κ1) is 15.2. The molecule has 0 bridgehead atoms. The van der Waals surface area contributed by atoms with Gasteiger partial charge in [-0.15, -0.1) is 11.6 Å². The summed E-state index contributed by atoms with van der Waals surface area (Å²) in [7, 11) is 0. The van der Waals surface area contributed by atoms with Gasteiger partial charge in [0, 0.05) is 18.0 Å². The summed E-state index contributed by atoms with van der Waals surface area (Å²) in [6.07, 6.45) is 4.03. The van der Waals surface area contributed by atoms with Crippen molar-refractivity contribution >= 4 is 17.5 Å². The monoisotopic (exact) mass is 301 g/mol. The molecule has 0 saturated heterocycles. The lowest BCUT2D eigenvalue weighted by Crippen LogP contribution is -2.33. The van der Waals surface area contributed by atoms with E-state index < -0.39 is 11.6 Å². The molecule has 1 fully saturated rings. The van der Waals surface area contributed by atoms with Gasteiger partial charge in [0.1, 0.15) is 11.6 Å². The van der Waals surface area contributed by atoms with Crippen molar-refractivity contribution < 1.29 is 13.6 Å². The zero-order chi connectivity index (χ0) is 14.5. The van der Waals surface area contributed by atoms with Crippen LogP contribution in [0.2, 0.25) is 0 Å². The minimum absolute atomic E-state index is 0.0663. The maximum Gasteiger partial charge on any atom is 0.224 e. The van der Waals surface area contributed by atoms with Gasteiger partial charge in [-0.05, 0) is 36.8 Å². The van der Waals surface area contributed by atoms with Crippen LogP contribution in [-0.2, 0) is 11.2 Å². The lowest BCUT2D eigenvalue weighted by molar-refractivity contribution is -0.120. The molecule has 2 rings (SSSR count). The van der Waals surface area contributed by atoms with Gasteiger partial charge < -0.3 is 5.32 Å². The molecule has 1 aromatic carbocycles. The number of alkyl halides is 1. The van der Waals surface area contributed by atoms with Crippen molar-refractivity contribution in [1.82, 2.24) is 5.32 Å². The molecule has 1 N–H and O–H groups in total. The molecule has 2 unspecified atom stereocenters. The number of hydrogen-bond acceptors (Lipinski definition) is 1. The molecule has 1 aromatic rings. The molecule has 0 heterocycles. The number of rotatable bonds is 4. The number of halogens is 3. The van der Waals surface area contributed by atoms with E-state index in [1.165, 1.54) is 6.07 Å². The number of nitrogens with one attached hydrogen (secondary N) is 1. The van der Waals surface area contributed by atoms with Gasteiger partial charge in [0.25, 0.3) is 0 Å². The highest BCUT2D eigenvalue weighted by molar-refractivity contribution is 6.20. The van der Waals surface area contributed by atoms with Crippen molar-refractivity contribution in [3.63, 3.8) is 0 Å². The third kappa shape index (κ3) is 4.44. The Morgan fingerprint density at radius 3 is 2.85 bits per heavy atom. The summed E-state index contributed by atoms with van der Waals surface area (Å²) in [4.78, 5) is 11.8. The molecular formula is C15H18ClF2NO. The fraction of sp³-hybridized carbons (Fsp3) is 0.533. The predicted molar refractivity (Wildman–Crippen MR) is 74.7 cm³/mol. The molecule has 1 saturated carbocycles. The summed E-state index contributed by atoms with van der Waals surface area (Å²) in [5.41, 5.74) is 0.211. The van der Waals surface area contributed by atoms with Crippen LogP contribution in [0.15, 0.2) is 18.2 Å². The van der Waals surface area contributed by atoms with Crippen LogP contribution in [0.4, 0.5) is 8.78 Å². The Labute approximate surface area is 122 Å². The van der Waals surface area contributed by atoms with Crippen LogP contribution in [0.3, 0.4) is 0 Å². The SMILES string of the molecule is O=C(Cc1ccc(F)cc1F)NCC1CCCC(Cl)C1. The van der Waals surface area contributed by atoms with Crippen molar-refractivity contribution in [2.24, 2.45) is 5.92 Å². The Morgan fingerprint density at radius 1 is 1.35 bits per heavy atom. The Morgan fingerprint density at radius 2 is 2.15 bits per heavy atom. The Bertz CT molecular complexity index is 481.